The highest BCUT2D eigenvalue weighted by atomic mass is 32.2. The minimum atomic E-state index is -0.305. The van der Waals surface area contributed by atoms with Crippen molar-refractivity contribution < 1.29 is 28.2 Å². The van der Waals surface area contributed by atoms with Gasteiger partial charge in [-0.05, 0) is 67.7 Å². The van der Waals surface area contributed by atoms with Crippen LogP contribution in [0.5, 0.6) is 11.5 Å². The molecule has 9 heteroatoms. The first-order chi connectivity index (χ1) is 17.9. The van der Waals surface area contributed by atoms with Crippen molar-refractivity contribution in [2.24, 2.45) is 11.8 Å². The maximum atomic E-state index is 13.5. The lowest BCUT2D eigenvalue weighted by atomic mass is 9.94. The maximum absolute atomic E-state index is 13.5. The molecule has 0 N–H and O–H groups in total. The number of hydrogen-bond donors (Lipinski definition) is 0. The fraction of sp³-hybridized carbons (Fsp3) is 0.464. The van der Waals surface area contributed by atoms with Crippen LogP contribution < -0.4 is 9.47 Å². The van der Waals surface area contributed by atoms with Gasteiger partial charge in [-0.25, -0.2) is 0 Å². The van der Waals surface area contributed by atoms with Gasteiger partial charge in [0, 0.05) is 25.1 Å². The van der Waals surface area contributed by atoms with Crippen molar-refractivity contribution in [1.82, 2.24) is 4.90 Å². The van der Waals surface area contributed by atoms with E-state index in [0.717, 1.165) is 23.5 Å². The molecule has 7 nitrogen and oxygen atoms in total. The highest BCUT2D eigenvalue weighted by Gasteiger charge is 2.48. The zero-order valence-electron chi connectivity index (χ0n) is 21.3. The molecular weight excluding hydrogens is 510 g/mol. The third kappa shape index (κ3) is 5.29. The van der Waals surface area contributed by atoms with Gasteiger partial charge in [-0.2, -0.15) is 0 Å². The molecule has 0 spiro atoms. The molecule has 37 heavy (non-hydrogen) atoms. The molecule has 2 heterocycles. The van der Waals surface area contributed by atoms with Crippen LogP contribution in [0, 0.1) is 11.8 Å². The molecule has 2 aromatic rings. The molecule has 3 aliphatic rings. The Morgan fingerprint density at radius 3 is 2.73 bits per heavy atom. The lowest BCUT2D eigenvalue weighted by Crippen LogP contribution is -2.41. The molecule has 1 aliphatic heterocycles. The first-order valence-corrected chi connectivity index (χ1v) is 13.9. The molecule has 3 atom stereocenters. The molecule has 5 rings (SSSR count). The Morgan fingerprint density at radius 1 is 1.22 bits per heavy atom. The molecule has 3 unspecified atom stereocenters. The third-order valence-corrected chi connectivity index (χ3v) is 8.86. The summed E-state index contributed by atoms with van der Waals surface area (Å²) in [6.07, 6.45) is 7.77. The number of aryl methyl sites for hydroxylation is 1. The van der Waals surface area contributed by atoms with Crippen molar-refractivity contribution in [3.05, 3.63) is 40.5 Å². The Labute approximate surface area is 226 Å². The predicted octanol–water partition coefficient (Wildman–Crippen LogP) is 5.85. The monoisotopic (exact) mass is 541 g/mol. The van der Waals surface area contributed by atoms with Gasteiger partial charge in [-0.15, -0.1) is 0 Å². The van der Waals surface area contributed by atoms with E-state index in [9.17, 15) is 9.59 Å². The van der Waals surface area contributed by atoms with Gasteiger partial charge in [-0.1, -0.05) is 30.4 Å². The average Bonchev–Trinajstić information content (AvgIpc) is 3.66. The van der Waals surface area contributed by atoms with Gasteiger partial charge < -0.3 is 18.6 Å². The van der Waals surface area contributed by atoms with E-state index in [-0.39, 0.29) is 17.9 Å². The standard InChI is InChI=1S/C28H31NO6S2/c1-16(30)34-10-4-5-19-13-25(21-9-8-20(32-2)14-24(21)33-3)35-23(19)15-26-27(31)29(28(36)37-26)22-12-17-6-7-18(22)11-17/h8-9,13-15,17-18,22H,4-7,10-12H2,1-3H3/b26-15-. The predicted molar refractivity (Wildman–Crippen MR) is 146 cm³/mol. The van der Waals surface area contributed by atoms with Crippen molar-refractivity contribution in [2.75, 3.05) is 20.8 Å². The van der Waals surface area contributed by atoms with Crippen molar-refractivity contribution in [3.63, 3.8) is 0 Å². The summed E-state index contributed by atoms with van der Waals surface area (Å²) in [5.41, 5.74) is 1.70. The first-order valence-electron chi connectivity index (χ1n) is 12.6. The number of carbonyl (C=O) groups is 2. The van der Waals surface area contributed by atoms with Crippen LogP contribution >= 0.6 is 24.0 Å². The number of nitrogens with zero attached hydrogens (tertiary/aromatic N) is 1. The highest BCUT2D eigenvalue weighted by molar-refractivity contribution is 8.26. The first kappa shape index (κ1) is 25.9. The van der Waals surface area contributed by atoms with E-state index < -0.39 is 0 Å². The molecule has 1 amide bonds. The van der Waals surface area contributed by atoms with E-state index in [4.69, 9.17) is 30.8 Å². The molecule has 196 valence electrons. The summed E-state index contributed by atoms with van der Waals surface area (Å²) in [6, 6.07) is 7.72. The molecule has 0 radical (unpaired) electrons. The summed E-state index contributed by atoms with van der Waals surface area (Å²) in [5.74, 6) is 3.47. The number of carbonyl (C=O) groups excluding carboxylic acids is 2. The van der Waals surface area contributed by atoms with Crippen molar-refractivity contribution in [1.29, 1.82) is 0 Å². The minimum Gasteiger partial charge on any atom is -0.497 e. The Bertz CT molecular complexity index is 1250. The lowest BCUT2D eigenvalue weighted by Gasteiger charge is -2.30. The molecule has 1 aromatic carbocycles. The van der Waals surface area contributed by atoms with Crippen molar-refractivity contribution in [3.8, 4) is 22.8 Å². The van der Waals surface area contributed by atoms with E-state index in [1.165, 1.54) is 37.9 Å². The second-order valence-electron chi connectivity index (χ2n) is 9.80. The van der Waals surface area contributed by atoms with Crippen LogP contribution in [0.1, 0.15) is 50.4 Å². The van der Waals surface area contributed by atoms with Gasteiger partial charge in [0.2, 0.25) is 0 Å². The summed E-state index contributed by atoms with van der Waals surface area (Å²) in [4.78, 5) is 27.1. The smallest absolute Gasteiger partial charge is 0.302 e. The van der Waals surface area contributed by atoms with Gasteiger partial charge in [-0.3, -0.25) is 14.5 Å². The number of benzene rings is 1. The van der Waals surface area contributed by atoms with E-state index in [0.29, 0.717) is 57.6 Å². The number of esters is 1. The van der Waals surface area contributed by atoms with Crippen LogP contribution in [-0.2, 0) is 20.7 Å². The summed E-state index contributed by atoms with van der Waals surface area (Å²) >= 11 is 7.01. The Hall–Kier alpha value is -2.78. The lowest BCUT2D eigenvalue weighted by molar-refractivity contribution is -0.141. The largest absolute Gasteiger partial charge is 0.497 e. The minimum absolute atomic E-state index is 0.0293. The third-order valence-electron chi connectivity index (χ3n) is 7.53. The summed E-state index contributed by atoms with van der Waals surface area (Å²) in [6.45, 7) is 1.71. The number of ether oxygens (including phenoxy) is 3. The summed E-state index contributed by atoms with van der Waals surface area (Å²) in [5, 5.41) is 0. The van der Waals surface area contributed by atoms with Gasteiger partial charge in [0.25, 0.3) is 5.91 Å². The van der Waals surface area contributed by atoms with Crippen LogP contribution in [0.3, 0.4) is 0 Å². The van der Waals surface area contributed by atoms with E-state index in [1.54, 1.807) is 20.3 Å². The van der Waals surface area contributed by atoms with Gasteiger partial charge >= 0.3 is 5.97 Å². The normalized spacial score (nSPS) is 23.8. The molecular formula is C28H31NO6S2. The fourth-order valence-corrected chi connectivity index (χ4v) is 7.13. The highest BCUT2D eigenvalue weighted by Crippen LogP contribution is 2.49. The second-order valence-corrected chi connectivity index (χ2v) is 11.5. The number of thioether (sulfide) groups is 1. The topological polar surface area (TPSA) is 78.2 Å². The fourth-order valence-electron chi connectivity index (χ4n) is 5.79. The van der Waals surface area contributed by atoms with Crippen LogP contribution in [0.15, 0.2) is 33.6 Å². The Morgan fingerprint density at radius 2 is 2.05 bits per heavy atom. The number of hydrogen-bond acceptors (Lipinski definition) is 8. The van der Waals surface area contributed by atoms with Gasteiger partial charge in [0.05, 0.1) is 31.3 Å². The molecule has 1 saturated heterocycles. The maximum Gasteiger partial charge on any atom is 0.302 e. The summed E-state index contributed by atoms with van der Waals surface area (Å²) in [7, 11) is 3.21. The molecule has 2 aliphatic carbocycles. The average molecular weight is 542 g/mol. The van der Waals surface area contributed by atoms with Crippen molar-refractivity contribution >= 4 is 46.3 Å². The van der Waals surface area contributed by atoms with Crippen LogP contribution in [0.25, 0.3) is 17.4 Å². The Kier molecular flexibility index (Phi) is 7.62. The second kappa shape index (κ2) is 10.9. The molecule has 2 bridgehead atoms. The zero-order chi connectivity index (χ0) is 26.1. The quantitative estimate of drug-likeness (QED) is 0.169. The zero-order valence-corrected chi connectivity index (χ0v) is 22.9. The van der Waals surface area contributed by atoms with Gasteiger partial charge in [0.15, 0.2) is 0 Å². The van der Waals surface area contributed by atoms with E-state index >= 15 is 0 Å². The number of furan rings is 1. The molecule has 1 aromatic heterocycles. The van der Waals surface area contributed by atoms with Crippen molar-refractivity contribution in [2.45, 2.75) is 51.5 Å². The van der Waals surface area contributed by atoms with Crippen LogP contribution in [0.2, 0.25) is 0 Å². The summed E-state index contributed by atoms with van der Waals surface area (Å²) < 4.78 is 23.0. The van der Waals surface area contributed by atoms with E-state index in [1.807, 2.05) is 29.2 Å². The number of thiocarbonyl (C=S) groups is 1. The Balaban J connectivity index is 1.44. The number of fused-ring (bicyclic) bond motifs is 2. The van der Waals surface area contributed by atoms with Gasteiger partial charge in [0.1, 0.15) is 27.3 Å². The number of amides is 1. The van der Waals surface area contributed by atoms with Crippen LogP contribution in [0.4, 0.5) is 0 Å². The van der Waals surface area contributed by atoms with E-state index in [2.05, 4.69) is 0 Å². The SMILES string of the molecule is COc1ccc(-c2cc(CCCOC(C)=O)c(/C=C3\SC(=S)N(C4CC5CCC4C5)C3=O)o2)c(OC)c1. The molecule has 3 fully saturated rings. The van der Waals surface area contributed by atoms with Crippen LogP contribution in [-0.4, -0.2) is 48.0 Å². The number of methoxy groups -OCH3 is 2. The molecule has 2 saturated carbocycles. The number of rotatable bonds is 9.